The summed E-state index contributed by atoms with van der Waals surface area (Å²) in [6.07, 6.45) is 5.10. The Kier molecular flexibility index (Phi) is 4.12. The maximum atomic E-state index is 2.77. The van der Waals surface area contributed by atoms with Crippen LogP contribution in [0.5, 0.6) is 0 Å². The summed E-state index contributed by atoms with van der Waals surface area (Å²) in [6.45, 7) is 10.1. The van der Waals surface area contributed by atoms with E-state index in [4.69, 9.17) is 0 Å². The van der Waals surface area contributed by atoms with E-state index in [1.165, 1.54) is 65.4 Å². The van der Waals surface area contributed by atoms with Crippen molar-refractivity contribution < 1.29 is 0 Å². The van der Waals surface area contributed by atoms with Crippen LogP contribution in [-0.4, -0.2) is 16.0 Å². The summed E-state index contributed by atoms with van der Waals surface area (Å²) in [5.41, 5.74) is 10.4. The molecule has 0 saturated carbocycles. The molecule has 0 amide bonds. The highest BCUT2D eigenvalue weighted by molar-refractivity contribution is 5.86. The predicted molar refractivity (Wildman–Crippen MR) is 113 cm³/mol. The molecule has 1 aliphatic heterocycles. The molecule has 2 aromatic carbocycles. The quantitative estimate of drug-likeness (QED) is 0.558. The SMILES string of the molecule is Cc1ccc(CN2CCCn3c4c(c5cc(C)ccc53)CCC[C@H]42)c(C)c1. The zero-order valence-electron chi connectivity index (χ0n) is 16.9. The molecular formula is C25H30N2. The first kappa shape index (κ1) is 17.1. The molecule has 140 valence electrons. The van der Waals surface area contributed by atoms with Crippen molar-refractivity contribution in [3.8, 4) is 0 Å². The zero-order chi connectivity index (χ0) is 18.5. The molecule has 0 spiro atoms. The Bertz CT molecular complexity index is 1010. The second-order valence-electron chi connectivity index (χ2n) is 8.70. The predicted octanol–water partition coefficient (Wildman–Crippen LogP) is 5.85. The van der Waals surface area contributed by atoms with Crippen molar-refractivity contribution >= 4 is 10.9 Å². The monoisotopic (exact) mass is 358 g/mol. The Morgan fingerprint density at radius 1 is 0.926 bits per heavy atom. The normalized spacial score (nSPS) is 19.9. The van der Waals surface area contributed by atoms with Crippen LogP contribution in [0.2, 0.25) is 0 Å². The number of aryl methyl sites for hydroxylation is 5. The van der Waals surface area contributed by atoms with Crippen LogP contribution in [0, 0.1) is 20.8 Å². The number of nitrogens with zero attached hydrogens (tertiary/aromatic N) is 2. The van der Waals surface area contributed by atoms with Crippen molar-refractivity contribution in [2.75, 3.05) is 6.54 Å². The van der Waals surface area contributed by atoms with Crippen LogP contribution in [0.25, 0.3) is 10.9 Å². The molecule has 2 heterocycles. The summed E-state index contributed by atoms with van der Waals surface area (Å²) in [7, 11) is 0. The van der Waals surface area contributed by atoms with Gasteiger partial charge in [-0.25, -0.2) is 0 Å². The van der Waals surface area contributed by atoms with Crippen LogP contribution in [0.15, 0.2) is 36.4 Å². The highest BCUT2D eigenvalue weighted by Gasteiger charge is 2.33. The molecule has 1 aromatic heterocycles. The van der Waals surface area contributed by atoms with E-state index in [-0.39, 0.29) is 0 Å². The summed E-state index contributed by atoms with van der Waals surface area (Å²) < 4.78 is 2.66. The summed E-state index contributed by atoms with van der Waals surface area (Å²) in [5.74, 6) is 0. The van der Waals surface area contributed by atoms with E-state index >= 15 is 0 Å². The second kappa shape index (κ2) is 6.53. The Balaban J connectivity index is 1.59. The Hall–Kier alpha value is -2.06. The van der Waals surface area contributed by atoms with Gasteiger partial charge >= 0.3 is 0 Å². The number of hydrogen-bond donors (Lipinski definition) is 0. The molecule has 27 heavy (non-hydrogen) atoms. The van der Waals surface area contributed by atoms with Crippen molar-refractivity contribution in [3.05, 3.63) is 69.9 Å². The molecule has 1 atom stereocenters. The molecule has 3 aromatic rings. The van der Waals surface area contributed by atoms with E-state index in [0.29, 0.717) is 6.04 Å². The van der Waals surface area contributed by atoms with E-state index in [1.807, 2.05) is 0 Å². The van der Waals surface area contributed by atoms with Crippen molar-refractivity contribution in [1.29, 1.82) is 0 Å². The van der Waals surface area contributed by atoms with Gasteiger partial charge in [-0.05, 0) is 75.3 Å². The fourth-order valence-corrected chi connectivity index (χ4v) is 5.43. The molecule has 2 aliphatic rings. The molecule has 0 fully saturated rings. The van der Waals surface area contributed by atoms with E-state index < -0.39 is 0 Å². The maximum absolute atomic E-state index is 2.77. The van der Waals surface area contributed by atoms with Gasteiger partial charge in [-0.3, -0.25) is 4.90 Å². The van der Waals surface area contributed by atoms with Crippen molar-refractivity contribution in [2.45, 2.75) is 65.6 Å². The summed E-state index contributed by atoms with van der Waals surface area (Å²) >= 11 is 0. The van der Waals surface area contributed by atoms with E-state index in [2.05, 4.69) is 66.6 Å². The van der Waals surface area contributed by atoms with Gasteiger partial charge in [0.05, 0.1) is 6.04 Å². The van der Waals surface area contributed by atoms with Gasteiger partial charge < -0.3 is 4.57 Å². The third kappa shape index (κ3) is 2.82. The van der Waals surface area contributed by atoms with Gasteiger partial charge in [0, 0.05) is 36.2 Å². The minimum Gasteiger partial charge on any atom is -0.343 e. The Labute approximate surface area is 162 Å². The van der Waals surface area contributed by atoms with Crippen molar-refractivity contribution in [1.82, 2.24) is 9.47 Å². The van der Waals surface area contributed by atoms with Crippen LogP contribution < -0.4 is 0 Å². The number of aromatic nitrogens is 1. The molecular weight excluding hydrogens is 328 g/mol. The van der Waals surface area contributed by atoms with Crippen LogP contribution in [0.1, 0.15) is 58.8 Å². The number of rotatable bonds is 2. The Morgan fingerprint density at radius 3 is 2.59 bits per heavy atom. The minimum atomic E-state index is 0.574. The minimum absolute atomic E-state index is 0.574. The van der Waals surface area contributed by atoms with Crippen LogP contribution in [0.3, 0.4) is 0 Å². The lowest BCUT2D eigenvalue weighted by atomic mass is 9.90. The molecule has 2 nitrogen and oxygen atoms in total. The van der Waals surface area contributed by atoms with E-state index in [0.717, 1.165) is 13.1 Å². The van der Waals surface area contributed by atoms with Gasteiger partial charge in [0.2, 0.25) is 0 Å². The Morgan fingerprint density at radius 2 is 1.74 bits per heavy atom. The van der Waals surface area contributed by atoms with Gasteiger partial charge in [0.25, 0.3) is 0 Å². The second-order valence-corrected chi connectivity index (χ2v) is 8.70. The molecule has 2 heteroatoms. The first-order chi connectivity index (χ1) is 13.1. The molecule has 0 saturated heterocycles. The molecule has 0 unspecified atom stereocenters. The van der Waals surface area contributed by atoms with Crippen molar-refractivity contribution in [2.24, 2.45) is 0 Å². The molecule has 0 bridgehead atoms. The highest BCUT2D eigenvalue weighted by atomic mass is 15.2. The lowest BCUT2D eigenvalue weighted by molar-refractivity contribution is 0.173. The van der Waals surface area contributed by atoms with Gasteiger partial charge in [0.1, 0.15) is 0 Å². The summed E-state index contributed by atoms with van der Waals surface area (Å²) in [5, 5.41) is 1.52. The molecule has 0 radical (unpaired) electrons. The summed E-state index contributed by atoms with van der Waals surface area (Å²) in [4.78, 5) is 2.77. The summed E-state index contributed by atoms with van der Waals surface area (Å²) in [6, 6.07) is 14.6. The molecule has 5 rings (SSSR count). The van der Waals surface area contributed by atoms with Crippen LogP contribution in [0.4, 0.5) is 0 Å². The van der Waals surface area contributed by atoms with E-state index in [1.54, 1.807) is 11.3 Å². The van der Waals surface area contributed by atoms with Crippen LogP contribution in [-0.2, 0) is 19.5 Å². The lowest BCUT2D eigenvalue weighted by Crippen LogP contribution is -2.31. The number of benzene rings is 2. The third-order valence-corrected chi connectivity index (χ3v) is 6.73. The molecule has 1 aliphatic carbocycles. The topological polar surface area (TPSA) is 8.17 Å². The zero-order valence-corrected chi connectivity index (χ0v) is 16.9. The van der Waals surface area contributed by atoms with Gasteiger partial charge in [-0.1, -0.05) is 35.4 Å². The first-order valence-corrected chi connectivity index (χ1v) is 10.5. The fourth-order valence-electron chi connectivity index (χ4n) is 5.43. The lowest BCUT2D eigenvalue weighted by Gasteiger charge is -2.34. The number of hydrogen-bond acceptors (Lipinski definition) is 1. The largest absolute Gasteiger partial charge is 0.343 e. The standard InChI is InChI=1S/C25H30N2/c1-17-8-10-20(19(3)14-17)16-26-12-5-13-27-23-11-9-18(2)15-22(23)21-6-4-7-24(26)25(21)27/h8-11,14-15,24H,4-7,12-13,16H2,1-3H3/t24-/m1/s1. The molecule has 0 N–H and O–H groups in total. The van der Waals surface area contributed by atoms with Crippen molar-refractivity contribution in [3.63, 3.8) is 0 Å². The average Bonchev–Trinajstić information content (AvgIpc) is 2.84. The maximum Gasteiger partial charge on any atom is 0.0507 e. The third-order valence-electron chi connectivity index (χ3n) is 6.73. The highest BCUT2D eigenvalue weighted by Crippen LogP contribution is 2.42. The fraction of sp³-hybridized carbons (Fsp3) is 0.440. The van der Waals surface area contributed by atoms with Gasteiger partial charge in [-0.15, -0.1) is 0 Å². The first-order valence-electron chi connectivity index (χ1n) is 10.5. The van der Waals surface area contributed by atoms with Gasteiger partial charge in [-0.2, -0.15) is 0 Å². The van der Waals surface area contributed by atoms with Gasteiger partial charge in [0.15, 0.2) is 0 Å². The number of fused-ring (bicyclic) bond motifs is 3. The van der Waals surface area contributed by atoms with Crippen LogP contribution >= 0.6 is 0 Å². The average molecular weight is 359 g/mol. The van der Waals surface area contributed by atoms with E-state index in [9.17, 15) is 0 Å². The smallest absolute Gasteiger partial charge is 0.0507 e.